The first kappa shape index (κ1) is 34.8. The lowest BCUT2D eigenvalue weighted by Crippen LogP contribution is -2.29. The molecule has 3 heterocycles. The summed E-state index contributed by atoms with van der Waals surface area (Å²) in [4.78, 5) is 30.3. The van der Waals surface area contributed by atoms with Crippen molar-refractivity contribution in [1.82, 2.24) is 29.9 Å². The smallest absolute Gasteiger partial charge is 0.269 e. The second kappa shape index (κ2) is 14.8. The highest BCUT2D eigenvalue weighted by Gasteiger charge is 2.52. The van der Waals surface area contributed by atoms with Crippen LogP contribution in [0, 0.1) is 0 Å². The summed E-state index contributed by atoms with van der Waals surface area (Å²) in [5, 5.41) is 0.536. The number of benzene rings is 7. The molecule has 1 aliphatic rings. The molecule has 2 aromatic heterocycles. The Morgan fingerprint density at radius 3 is 0.897 bits per heavy atom. The Balaban J connectivity index is 1.25. The van der Waals surface area contributed by atoms with Crippen molar-refractivity contribution in [2.45, 2.75) is 0 Å². The molecule has 0 amide bonds. The van der Waals surface area contributed by atoms with E-state index in [-0.39, 0.29) is 11.9 Å². The van der Waals surface area contributed by atoms with E-state index in [9.17, 15) is 0 Å². The van der Waals surface area contributed by atoms with Gasteiger partial charge in [-0.3, -0.25) is 4.57 Å². The van der Waals surface area contributed by atoms with Crippen LogP contribution in [0.5, 0.6) is 0 Å². The molecule has 0 saturated carbocycles. The molecule has 9 nitrogen and oxygen atoms in total. The lowest BCUT2D eigenvalue weighted by Gasteiger charge is -2.31. The molecule has 0 N–H and O–H groups in total. The molecule has 10 rings (SSSR count). The SMILES string of the molecule is O=P1(c2ccc(-c3ccccc3)cc2)N(c2nc(-c3ccccc3)nc(-c3ccccc3)n2)c2ccccc2N1c1nc(-c2ccccc2)nc(-c2ccccc2)n1. The average molecular weight is 769 g/mol. The van der Waals surface area contributed by atoms with Crippen molar-refractivity contribution in [3.63, 3.8) is 0 Å². The fraction of sp³-hybridized carbons (Fsp3) is 0. The molecular weight excluding hydrogens is 736 g/mol. The van der Waals surface area contributed by atoms with Crippen LogP contribution in [0.1, 0.15) is 0 Å². The van der Waals surface area contributed by atoms with Crippen LogP contribution in [0.15, 0.2) is 200 Å². The number of hydrogen-bond donors (Lipinski definition) is 0. The minimum atomic E-state index is -4.06. The Bertz CT molecular complexity index is 2650. The van der Waals surface area contributed by atoms with Gasteiger partial charge in [-0.05, 0) is 35.4 Å². The van der Waals surface area contributed by atoms with Crippen LogP contribution in [0.25, 0.3) is 56.7 Å². The number of para-hydroxylation sites is 2. The third kappa shape index (κ3) is 6.30. The van der Waals surface area contributed by atoms with E-state index in [1.165, 1.54) is 0 Å². The predicted octanol–water partition coefficient (Wildman–Crippen LogP) is 11.2. The van der Waals surface area contributed by atoms with Gasteiger partial charge in [-0.1, -0.05) is 176 Å². The molecule has 0 aliphatic carbocycles. The zero-order chi connectivity index (χ0) is 38.9. The van der Waals surface area contributed by atoms with Gasteiger partial charge in [0.05, 0.1) is 16.7 Å². The Morgan fingerprint density at radius 1 is 0.293 bits per heavy atom. The zero-order valence-corrected chi connectivity index (χ0v) is 31.9. The number of anilines is 4. The summed E-state index contributed by atoms with van der Waals surface area (Å²) >= 11 is 0. The molecule has 10 heteroatoms. The Labute approximate surface area is 335 Å². The van der Waals surface area contributed by atoms with Gasteiger partial charge in [0.15, 0.2) is 23.3 Å². The maximum Gasteiger partial charge on any atom is 0.306 e. The van der Waals surface area contributed by atoms with Crippen LogP contribution >= 0.6 is 7.44 Å². The van der Waals surface area contributed by atoms with Crippen molar-refractivity contribution in [2.75, 3.05) is 9.34 Å². The maximum atomic E-state index is 17.0. The van der Waals surface area contributed by atoms with Gasteiger partial charge < -0.3 is 0 Å². The van der Waals surface area contributed by atoms with Crippen molar-refractivity contribution in [3.05, 3.63) is 200 Å². The number of nitrogens with zero attached hydrogens (tertiary/aromatic N) is 8. The minimum absolute atomic E-state index is 0.221. The second-order valence-electron chi connectivity index (χ2n) is 13.6. The monoisotopic (exact) mass is 768 g/mol. The standard InChI is InChI=1S/C48H33N8OP/c57-58(40-32-30-35(31-33-40)34-18-6-1-7-19-34)55(47-51-43(36-20-8-2-9-21-36)49-44(52-47)37-22-10-3-11-23-37)41-28-16-17-29-42(41)56(58)48-53-45(38-24-12-4-13-25-38)50-46(54-48)39-26-14-5-15-27-39/h1-33H. The van der Waals surface area contributed by atoms with Gasteiger partial charge in [-0.25, -0.2) is 19.3 Å². The summed E-state index contributed by atoms with van der Waals surface area (Å²) in [5.41, 5.74) is 6.49. The van der Waals surface area contributed by atoms with Crippen LogP contribution in [0.4, 0.5) is 23.3 Å². The van der Waals surface area contributed by atoms with Crippen molar-refractivity contribution in [3.8, 4) is 56.7 Å². The average Bonchev–Trinajstić information content (AvgIpc) is 3.59. The third-order valence-electron chi connectivity index (χ3n) is 9.95. The van der Waals surface area contributed by atoms with E-state index in [0.717, 1.165) is 33.4 Å². The summed E-state index contributed by atoms with van der Waals surface area (Å²) in [6, 6.07) is 64.7. The lowest BCUT2D eigenvalue weighted by molar-refractivity contribution is 0.581. The fourth-order valence-corrected chi connectivity index (χ4v) is 9.92. The van der Waals surface area contributed by atoms with Crippen molar-refractivity contribution in [1.29, 1.82) is 0 Å². The zero-order valence-electron chi connectivity index (χ0n) is 31.0. The predicted molar refractivity (Wildman–Crippen MR) is 231 cm³/mol. The number of rotatable bonds is 8. The van der Waals surface area contributed by atoms with Gasteiger partial charge in [0, 0.05) is 22.3 Å². The summed E-state index contributed by atoms with van der Waals surface area (Å²) in [6.07, 6.45) is 0. The van der Waals surface area contributed by atoms with E-state index in [0.29, 0.717) is 40.0 Å². The molecule has 0 saturated heterocycles. The fourth-order valence-electron chi connectivity index (χ4n) is 7.16. The van der Waals surface area contributed by atoms with E-state index in [1.807, 2.05) is 188 Å². The minimum Gasteiger partial charge on any atom is -0.269 e. The molecule has 0 fully saturated rings. The first-order chi connectivity index (χ1) is 28.6. The molecule has 276 valence electrons. The van der Waals surface area contributed by atoms with Gasteiger partial charge in [0.25, 0.3) is 0 Å². The van der Waals surface area contributed by atoms with Crippen molar-refractivity contribution >= 4 is 36.0 Å². The Hall–Kier alpha value is -7.61. The Morgan fingerprint density at radius 2 is 0.569 bits per heavy atom. The first-order valence-electron chi connectivity index (χ1n) is 18.8. The van der Waals surface area contributed by atoms with E-state index in [2.05, 4.69) is 12.1 Å². The normalized spacial score (nSPS) is 13.0. The largest absolute Gasteiger partial charge is 0.306 e. The Kier molecular flexibility index (Phi) is 8.89. The molecule has 0 unspecified atom stereocenters. The van der Waals surface area contributed by atoms with Crippen LogP contribution in [-0.4, -0.2) is 29.9 Å². The summed E-state index contributed by atoms with van der Waals surface area (Å²) in [7, 11) is -4.06. The van der Waals surface area contributed by atoms with Gasteiger partial charge in [0.2, 0.25) is 11.9 Å². The molecule has 1 aliphatic heterocycles. The van der Waals surface area contributed by atoms with Crippen LogP contribution in [0.3, 0.4) is 0 Å². The van der Waals surface area contributed by atoms with Crippen molar-refractivity contribution < 1.29 is 4.57 Å². The highest BCUT2D eigenvalue weighted by atomic mass is 31.2. The van der Waals surface area contributed by atoms with Crippen LogP contribution in [0.2, 0.25) is 0 Å². The van der Waals surface area contributed by atoms with Crippen LogP contribution in [-0.2, 0) is 4.57 Å². The summed E-state index contributed by atoms with van der Waals surface area (Å²) in [6.45, 7) is 0. The first-order valence-corrected chi connectivity index (χ1v) is 20.4. The molecule has 0 bridgehead atoms. The highest BCUT2D eigenvalue weighted by molar-refractivity contribution is 7.76. The summed E-state index contributed by atoms with van der Waals surface area (Å²) in [5.74, 6) is 2.24. The molecule has 7 aromatic carbocycles. The van der Waals surface area contributed by atoms with Gasteiger partial charge in [-0.2, -0.15) is 19.9 Å². The second-order valence-corrected chi connectivity index (χ2v) is 16.0. The van der Waals surface area contributed by atoms with Gasteiger partial charge in [0.1, 0.15) is 0 Å². The molecular formula is C48H33N8OP. The molecule has 58 heavy (non-hydrogen) atoms. The van der Waals surface area contributed by atoms with Gasteiger partial charge >= 0.3 is 7.44 Å². The lowest BCUT2D eigenvalue weighted by atomic mass is 10.1. The third-order valence-corrected chi connectivity index (χ3v) is 12.8. The van der Waals surface area contributed by atoms with E-state index >= 15 is 4.57 Å². The molecule has 0 spiro atoms. The topological polar surface area (TPSA) is 101 Å². The number of hydrogen-bond acceptors (Lipinski definition) is 7. The highest BCUT2D eigenvalue weighted by Crippen LogP contribution is 2.69. The number of fused-ring (bicyclic) bond motifs is 1. The van der Waals surface area contributed by atoms with Gasteiger partial charge in [-0.15, -0.1) is 0 Å². The quantitative estimate of drug-likeness (QED) is 0.140. The van der Waals surface area contributed by atoms with Crippen LogP contribution < -0.4 is 14.6 Å². The molecule has 0 atom stereocenters. The number of aromatic nitrogens is 6. The molecule has 0 radical (unpaired) electrons. The summed E-state index contributed by atoms with van der Waals surface area (Å²) < 4.78 is 20.5. The molecule has 9 aromatic rings. The van der Waals surface area contributed by atoms with Crippen molar-refractivity contribution in [2.24, 2.45) is 0 Å². The maximum absolute atomic E-state index is 17.0. The van der Waals surface area contributed by atoms with E-state index in [4.69, 9.17) is 29.9 Å². The van der Waals surface area contributed by atoms with E-state index < -0.39 is 7.44 Å². The van der Waals surface area contributed by atoms with E-state index in [1.54, 1.807) is 9.34 Å².